The fourth-order valence-electron chi connectivity index (χ4n) is 2.44. The highest BCUT2D eigenvalue weighted by Gasteiger charge is 2.31. The monoisotopic (exact) mass is 296 g/mol. The summed E-state index contributed by atoms with van der Waals surface area (Å²) in [6.45, 7) is 6.74. The first-order valence-electron chi connectivity index (χ1n) is 5.92. The van der Waals surface area contributed by atoms with Crippen molar-refractivity contribution in [3.63, 3.8) is 0 Å². The van der Waals surface area contributed by atoms with Crippen LogP contribution in [0.5, 0.6) is 0 Å². The number of hydrogen-bond donors (Lipinski definition) is 0. The highest BCUT2D eigenvalue weighted by Crippen LogP contribution is 2.40. The van der Waals surface area contributed by atoms with E-state index >= 15 is 0 Å². The van der Waals surface area contributed by atoms with E-state index in [1.54, 1.807) is 0 Å². The molecule has 2 nitrogen and oxygen atoms in total. The minimum atomic E-state index is -0.244. The van der Waals surface area contributed by atoms with Crippen molar-refractivity contribution in [2.45, 2.75) is 33.6 Å². The number of ether oxygens (including phenoxy) is 1. The van der Waals surface area contributed by atoms with Crippen molar-refractivity contribution in [1.29, 1.82) is 0 Å². The van der Waals surface area contributed by atoms with E-state index in [0.29, 0.717) is 12.2 Å². The lowest BCUT2D eigenvalue weighted by Gasteiger charge is -2.15. The minimum absolute atomic E-state index is 0.244. The first-order valence-corrected chi connectivity index (χ1v) is 6.71. The van der Waals surface area contributed by atoms with Crippen LogP contribution in [0.2, 0.25) is 0 Å². The van der Waals surface area contributed by atoms with E-state index in [1.165, 1.54) is 11.1 Å². The van der Waals surface area contributed by atoms with Gasteiger partial charge in [-0.3, -0.25) is 0 Å². The Labute approximate surface area is 110 Å². The van der Waals surface area contributed by atoms with Gasteiger partial charge in [-0.25, -0.2) is 4.79 Å². The second-order valence-corrected chi connectivity index (χ2v) is 6.10. The molecule has 1 aromatic rings. The lowest BCUT2D eigenvalue weighted by molar-refractivity contribution is 0.0525. The summed E-state index contributed by atoms with van der Waals surface area (Å²) in [5.74, 6) is -0.244. The van der Waals surface area contributed by atoms with Crippen LogP contribution < -0.4 is 0 Å². The van der Waals surface area contributed by atoms with E-state index < -0.39 is 0 Å². The van der Waals surface area contributed by atoms with Gasteiger partial charge in [0.2, 0.25) is 0 Å². The average molecular weight is 297 g/mol. The number of benzene rings is 1. The van der Waals surface area contributed by atoms with Crippen molar-refractivity contribution in [3.05, 3.63) is 33.3 Å². The molecule has 0 N–H and O–H groups in total. The van der Waals surface area contributed by atoms with Gasteiger partial charge in [0, 0.05) is 4.47 Å². The van der Waals surface area contributed by atoms with Crippen molar-refractivity contribution in [3.8, 4) is 0 Å². The average Bonchev–Trinajstić information content (AvgIpc) is 2.54. The molecule has 0 saturated carbocycles. The Balaban J connectivity index is 2.39. The number of esters is 1. The predicted molar refractivity (Wildman–Crippen MR) is 71.3 cm³/mol. The summed E-state index contributed by atoms with van der Waals surface area (Å²) >= 11 is 3.55. The maximum absolute atomic E-state index is 11.8. The van der Waals surface area contributed by atoms with Crippen LogP contribution in [0.1, 0.15) is 42.3 Å². The van der Waals surface area contributed by atoms with Crippen molar-refractivity contribution >= 4 is 21.9 Å². The normalized spacial score (nSPS) is 16.7. The fourth-order valence-corrected chi connectivity index (χ4v) is 3.13. The number of rotatable bonds is 2. The smallest absolute Gasteiger partial charge is 0.339 e. The molecule has 3 heteroatoms. The van der Waals surface area contributed by atoms with Gasteiger partial charge in [0.1, 0.15) is 0 Å². The molecule has 0 saturated heterocycles. The molecular weight excluding hydrogens is 280 g/mol. The standard InChI is InChI=1S/C14H17BrO2/c1-4-17-13(16)10-6-5-9-7-14(2,3)8-11(9)12(10)15/h5-6H,4,7-8H2,1-3H3. The SMILES string of the molecule is CCOC(=O)c1ccc2c(c1Br)CC(C)(C)C2. The van der Waals surface area contributed by atoms with Gasteiger partial charge < -0.3 is 4.74 Å². The van der Waals surface area contributed by atoms with Gasteiger partial charge in [0.25, 0.3) is 0 Å². The summed E-state index contributed by atoms with van der Waals surface area (Å²) in [5.41, 5.74) is 3.54. The molecule has 17 heavy (non-hydrogen) atoms. The van der Waals surface area contributed by atoms with Crippen LogP contribution in [-0.2, 0) is 17.6 Å². The van der Waals surface area contributed by atoms with Gasteiger partial charge in [-0.15, -0.1) is 0 Å². The fraction of sp³-hybridized carbons (Fsp3) is 0.500. The van der Waals surface area contributed by atoms with Gasteiger partial charge in [-0.1, -0.05) is 19.9 Å². The van der Waals surface area contributed by atoms with Crippen LogP contribution in [0.25, 0.3) is 0 Å². The highest BCUT2D eigenvalue weighted by molar-refractivity contribution is 9.10. The zero-order valence-electron chi connectivity index (χ0n) is 10.5. The van der Waals surface area contributed by atoms with Gasteiger partial charge in [0.05, 0.1) is 12.2 Å². The molecule has 0 spiro atoms. The summed E-state index contributed by atoms with van der Waals surface area (Å²) in [4.78, 5) is 11.8. The summed E-state index contributed by atoms with van der Waals surface area (Å²) in [6, 6.07) is 3.92. The summed E-state index contributed by atoms with van der Waals surface area (Å²) in [6.07, 6.45) is 2.08. The van der Waals surface area contributed by atoms with E-state index in [0.717, 1.165) is 17.3 Å². The number of carbonyl (C=O) groups is 1. The van der Waals surface area contributed by atoms with Crippen LogP contribution in [0.15, 0.2) is 16.6 Å². The molecular formula is C14H17BrO2. The summed E-state index contributed by atoms with van der Waals surface area (Å²) in [5, 5.41) is 0. The van der Waals surface area contributed by atoms with E-state index in [1.807, 2.05) is 13.0 Å². The lowest BCUT2D eigenvalue weighted by atomic mass is 9.90. The van der Waals surface area contributed by atoms with Crippen LogP contribution in [-0.4, -0.2) is 12.6 Å². The molecule has 0 aliphatic heterocycles. The third-order valence-corrected chi connectivity index (χ3v) is 4.07. The summed E-state index contributed by atoms with van der Waals surface area (Å²) in [7, 11) is 0. The van der Waals surface area contributed by atoms with E-state index in [9.17, 15) is 4.79 Å². The van der Waals surface area contributed by atoms with Crippen molar-refractivity contribution < 1.29 is 9.53 Å². The molecule has 0 aromatic heterocycles. The second-order valence-electron chi connectivity index (χ2n) is 5.30. The molecule has 0 fully saturated rings. The Morgan fingerprint density at radius 2 is 2.12 bits per heavy atom. The third kappa shape index (κ3) is 2.39. The predicted octanol–water partition coefficient (Wildman–Crippen LogP) is 3.75. The van der Waals surface area contributed by atoms with Crippen molar-refractivity contribution in [2.75, 3.05) is 6.61 Å². The topological polar surface area (TPSA) is 26.3 Å². The molecule has 0 radical (unpaired) electrons. The van der Waals surface area contributed by atoms with E-state index in [-0.39, 0.29) is 11.4 Å². The molecule has 0 bridgehead atoms. The molecule has 2 rings (SSSR count). The van der Waals surface area contributed by atoms with E-state index in [2.05, 4.69) is 35.8 Å². The molecule has 92 valence electrons. The van der Waals surface area contributed by atoms with Crippen LogP contribution in [0, 0.1) is 5.41 Å². The van der Waals surface area contributed by atoms with Crippen molar-refractivity contribution in [2.24, 2.45) is 5.41 Å². The van der Waals surface area contributed by atoms with Crippen molar-refractivity contribution in [1.82, 2.24) is 0 Å². The summed E-state index contributed by atoms with van der Waals surface area (Å²) < 4.78 is 5.97. The number of carbonyl (C=O) groups excluding carboxylic acids is 1. The molecule has 1 aliphatic carbocycles. The Morgan fingerprint density at radius 3 is 2.76 bits per heavy atom. The van der Waals surface area contributed by atoms with Gasteiger partial charge in [0.15, 0.2) is 0 Å². The first kappa shape index (κ1) is 12.6. The zero-order valence-corrected chi connectivity index (χ0v) is 12.1. The Hall–Kier alpha value is -0.830. The van der Waals surface area contributed by atoms with Gasteiger partial charge in [-0.05, 0) is 58.3 Å². The minimum Gasteiger partial charge on any atom is -0.462 e. The second kappa shape index (κ2) is 4.45. The molecule has 0 amide bonds. The highest BCUT2D eigenvalue weighted by atomic mass is 79.9. The quantitative estimate of drug-likeness (QED) is 0.777. The number of halogens is 1. The van der Waals surface area contributed by atoms with Gasteiger partial charge in [-0.2, -0.15) is 0 Å². The Bertz CT molecular complexity index is 464. The molecule has 0 atom stereocenters. The largest absolute Gasteiger partial charge is 0.462 e. The molecule has 1 aliphatic rings. The zero-order chi connectivity index (χ0) is 12.6. The third-order valence-electron chi connectivity index (χ3n) is 3.16. The maximum Gasteiger partial charge on any atom is 0.339 e. The maximum atomic E-state index is 11.8. The lowest BCUT2D eigenvalue weighted by Crippen LogP contribution is -2.10. The van der Waals surface area contributed by atoms with Crippen LogP contribution in [0.3, 0.4) is 0 Å². The molecule has 0 heterocycles. The molecule has 1 aromatic carbocycles. The van der Waals surface area contributed by atoms with Gasteiger partial charge >= 0.3 is 5.97 Å². The Morgan fingerprint density at radius 1 is 1.41 bits per heavy atom. The number of hydrogen-bond acceptors (Lipinski definition) is 2. The number of fused-ring (bicyclic) bond motifs is 1. The van der Waals surface area contributed by atoms with Crippen LogP contribution in [0.4, 0.5) is 0 Å². The Kier molecular flexibility index (Phi) is 3.30. The first-order chi connectivity index (χ1) is 7.94. The van der Waals surface area contributed by atoms with Crippen LogP contribution >= 0.6 is 15.9 Å². The van der Waals surface area contributed by atoms with E-state index in [4.69, 9.17) is 4.74 Å². The molecule has 0 unspecified atom stereocenters.